The van der Waals surface area contributed by atoms with Crippen LogP contribution in [-0.2, 0) is 0 Å². The predicted molar refractivity (Wildman–Crippen MR) is 44.5 cm³/mol. The van der Waals surface area contributed by atoms with Gasteiger partial charge in [-0.25, -0.2) is 0 Å². The standard InChI is InChI=1S/C8H12N2O2/c9-6(3-5-11)8-7(12)2-1-4-10-8/h1-2,4,6,11-12H,3,5,9H2/t6-/m1/s1. The first kappa shape index (κ1) is 8.96. The smallest absolute Gasteiger partial charge is 0.138 e. The van der Waals surface area contributed by atoms with Crippen molar-refractivity contribution >= 4 is 0 Å². The highest BCUT2D eigenvalue weighted by Crippen LogP contribution is 2.20. The van der Waals surface area contributed by atoms with E-state index < -0.39 is 6.04 Å². The largest absolute Gasteiger partial charge is 0.506 e. The Labute approximate surface area is 70.7 Å². The third kappa shape index (κ3) is 1.93. The van der Waals surface area contributed by atoms with E-state index >= 15 is 0 Å². The second-order valence-electron chi connectivity index (χ2n) is 2.53. The number of hydrogen-bond acceptors (Lipinski definition) is 4. The molecule has 0 aliphatic heterocycles. The van der Waals surface area contributed by atoms with Crippen LogP contribution in [0, 0.1) is 0 Å². The zero-order valence-electron chi connectivity index (χ0n) is 6.64. The van der Waals surface area contributed by atoms with Crippen LogP contribution in [0.25, 0.3) is 0 Å². The number of pyridine rings is 1. The van der Waals surface area contributed by atoms with E-state index in [4.69, 9.17) is 10.8 Å². The van der Waals surface area contributed by atoms with E-state index in [9.17, 15) is 5.11 Å². The molecular formula is C8H12N2O2. The van der Waals surface area contributed by atoms with Gasteiger partial charge >= 0.3 is 0 Å². The summed E-state index contributed by atoms with van der Waals surface area (Å²) in [6.07, 6.45) is 1.97. The van der Waals surface area contributed by atoms with Gasteiger partial charge in [-0.05, 0) is 18.6 Å². The monoisotopic (exact) mass is 168 g/mol. The maximum atomic E-state index is 9.28. The molecule has 0 saturated heterocycles. The van der Waals surface area contributed by atoms with Crippen molar-refractivity contribution in [3.63, 3.8) is 0 Å². The molecule has 0 aromatic carbocycles. The highest BCUT2D eigenvalue weighted by Gasteiger charge is 2.10. The van der Waals surface area contributed by atoms with Crippen LogP contribution in [0.3, 0.4) is 0 Å². The molecule has 0 spiro atoms. The van der Waals surface area contributed by atoms with Crippen molar-refractivity contribution < 1.29 is 10.2 Å². The van der Waals surface area contributed by atoms with Crippen LogP contribution >= 0.6 is 0 Å². The van der Waals surface area contributed by atoms with Crippen LogP contribution in [0.2, 0.25) is 0 Å². The molecule has 0 bridgehead atoms. The highest BCUT2D eigenvalue weighted by atomic mass is 16.3. The van der Waals surface area contributed by atoms with Crippen molar-refractivity contribution in [2.75, 3.05) is 6.61 Å². The number of hydrogen-bond donors (Lipinski definition) is 3. The minimum Gasteiger partial charge on any atom is -0.506 e. The van der Waals surface area contributed by atoms with Crippen molar-refractivity contribution in [1.82, 2.24) is 4.98 Å². The SMILES string of the molecule is N[C@H](CCO)c1ncccc1O. The molecule has 4 nitrogen and oxygen atoms in total. The third-order valence-electron chi connectivity index (χ3n) is 1.61. The van der Waals surface area contributed by atoms with Crippen LogP contribution in [0.1, 0.15) is 18.2 Å². The fraction of sp³-hybridized carbons (Fsp3) is 0.375. The Bertz CT molecular complexity index is 253. The molecule has 1 heterocycles. The average molecular weight is 168 g/mol. The summed E-state index contributed by atoms with van der Waals surface area (Å²) in [5.74, 6) is 0.0819. The van der Waals surface area contributed by atoms with Gasteiger partial charge in [0.1, 0.15) is 5.75 Å². The third-order valence-corrected chi connectivity index (χ3v) is 1.61. The highest BCUT2D eigenvalue weighted by molar-refractivity contribution is 5.27. The number of aliphatic hydroxyl groups excluding tert-OH is 1. The first-order valence-electron chi connectivity index (χ1n) is 3.76. The lowest BCUT2D eigenvalue weighted by atomic mass is 10.1. The molecule has 0 aliphatic rings. The lowest BCUT2D eigenvalue weighted by molar-refractivity contribution is 0.274. The molecular weight excluding hydrogens is 156 g/mol. The number of aromatic hydroxyl groups is 1. The van der Waals surface area contributed by atoms with E-state index in [2.05, 4.69) is 4.98 Å². The summed E-state index contributed by atoms with van der Waals surface area (Å²) in [7, 11) is 0. The second-order valence-corrected chi connectivity index (χ2v) is 2.53. The molecule has 1 aromatic rings. The van der Waals surface area contributed by atoms with Gasteiger partial charge in [-0.15, -0.1) is 0 Å². The Morgan fingerprint density at radius 1 is 1.58 bits per heavy atom. The molecule has 0 fully saturated rings. The Morgan fingerprint density at radius 3 is 2.92 bits per heavy atom. The molecule has 4 heteroatoms. The Kier molecular flexibility index (Phi) is 3.01. The van der Waals surface area contributed by atoms with Crippen molar-refractivity contribution in [2.24, 2.45) is 5.73 Å². The summed E-state index contributed by atoms with van der Waals surface area (Å²) in [4.78, 5) is 3.91. The first-order valence-corrected chi connectivity index (χ1v) is 3.76. The molecule has 1 rings (SSSR count). The van der Waals surface area contributed by atoms with Crippen LogP contribution in [0.15, 0.2) is 18.3 Å². The van der Waals surface area contributed by atoms with Gasteiger partial charge in [-0.3, -0.25) is 4.98 Å². The maximum absolute atomic E-state index is 9.28. The Morgan fingerprint density at radius 2 is 2.33 bits per heavy atom. The van der Waals surface area contributed by atoms with E-state index in [1.807, 2.05) is 0 Å². The van der Waals surface area contributed by atoms with Gasteiger partial charge in [0.2, 0.25) is 0 Å². The van der Waals surface area contributed by atoms with Gasteiger partial charge in [0, 0.05) is 12.8 Å². The quantitative estimate of drug-likeness (QED) is 0.601. The lowest BCUT2D eigenvalue weighted by Crippen LogP contribution is -2.13. The zero-order valence-corrected chi connectivity index (χ0v) is 6.64. The number of rotatable bonds is 3. The van der Waals surface area contributed by atoms with E-state index in [1.165, 1.54) is 6.07 Å². The van der Waals surface area contributed by atoms with Gasteiger partial charge in [0.15, 0.2) is 0 Å². The molecule has 66 valence electrons. The van der Waals surface area contributed by atoms with Crippen LogP contribution in [0.4, 0.5) is 0 Å². The Balaban J connectivity index is 2.79. The molecule has 0 radical (unpaired) electrons. The normalized spacial score (nSPS) is 12.8. The summed E-state index contributed by atoms with van der Waals surface area (Å²) in [6.45, 7) is -0.00280. The van der Waals surface area contributed by atoms with Crippen LogP contribution in [-0.4, -0.2) is 21.8 Å². The molecule has 1 atom stereocenters. The first-order chi connectivity index (χ1) is 5.75. The minimum atomic E-state index is -0.392. The summed E-state index contributed by atoms with van der Waals surface area (Å²) in [5.41, 5.74) is 6.06. The summed E-state index contributed by atoms with van der Waals surface area (Å²) in [6, 6.07) is 2.76. The van der Waals surface area contributed by atoms with Crippen molar-refractivity contribution in [3.8, 4) is 5.75 Å². The van der Waals surface area contributed by atoms with Crippen molar-refractivity contribution in [1.29, 1.82) is 0 Å². The van der Waals surface area contributed by atoms with Gasteiger partial charge in [0.25, 0.3) is 0 Å². The Hall–Kier alpha value is -1.13. The van der Waals surface area contributed by atoms with E-state index in [0.29, 0.717) is 12.1 Å². The van der Waals surface area contributed by atoms with E-state index in [-0.39, 0.29) is 12.4 Å². The topological polar surface area (TPSA) is 79.4 Å². The maximum Gasteiger partial charge on any atom is 0.138 e. The van der Waals surface area contributed by atoms with E-state index in [1.54, 1.807) is 12.3 Å². The number of nitrogens with two attached hydrogens (primary N) is 1. The molecule has 12 heavy (non-hydrogen) atoms. The number of aromatic nitrogens is 1. The summed E-state index contributed by atoms with van der Waals surface area (Å²) < 4.78 is 0. The van der Waals surface area contributed by atoms with Gasteiger partial charge < -0.3 is 15.9 Å². The van der Waals surface area contributed by atoms with Gasteiger partial charge in [0.05, 0.1) is 11.7 Å². The lowest BCUT2D eigenvalue weighted by Gasteiger charge is -2.09. The number of nitrogens with zero attached hydrogens (tertiary/aromatic N) is 1. The fourth-order valence-corrected chi connectivity index (χ4v) is 0.971. The molecule has 0 unspecified atom stereocenters. The van der Waals surface area contributed by atoms with Crippen LogP contribution in [0.5, 0.6) is 5.75 Å². The molecule has 1 aromatic heterocycles. The summed E-state index contributed by atoms with van der Waals surface area (Å²) in [5, 5.41) is 17.9. The zero-order chi connectivity index (χ0) is 8.97. The minimum absolute atomic E-state index is 0.00280. The van der Waals surface area contributed by atoms with Crippen molar-refractivity contribution in [2.45, 2.75) is 12.5 Å². The average Bonchev–Trinajstić information content (AvgIpc) is 2.05. The number of aliphatic hydroxyl groups is 1. The molecule has 0 amide bonds. The predicted octanol–water partition coefficient (Wildman–Crippen LogP) is 0.169. The molecule has 0 aliphatic carbocycles. The fourth-order valence-electron chi connectivity index (χ4n) is 0.971. The molecule has 4 N–H and O–H groups in total. The van der Waals surface area contributed by atoms with Gasteiger partial charge in [-0.1, -0.05) is 0 Å². The van der Waals surface area contributed by atoms with Crippen molar-refractivity contribution in [3.05, 3.63) is 24.0 Å². The van der Waals surface area contributed by atoms with E-state index in [0.717, 1.165) is 0 Å². The molecule has 0 saturated carbocycles. The van der Waals surface area contributed by atoms with Gasteiger partial charge in [-0.2, -0.15) is 0 Å². The summed E-state index contributed by atoms with van der Waals surface area (Å²) >= 11 is 0. The second kappa shape index (κ2) is 4.04. The van der Waals surface area contributed by atoms with Crippen LogP contribution < -0.4 is 5.73 Å².